The molecule has 1 N–H and O–H groups in total. The van der Waals surface area contributed by atoms with Gasteiger partial charge in [0.25, 0.3) is 0 Å². The molecule has 0 saturated carbocycles. The molecule has 0 radical (unpaired) electrons. The van der Waals surface area contributed by atoms with E-state index in [9.17, 15) is 19.1 Å². The third-order valence-corrected chi connectivity index (χ3v) is 4.59. The van der Waals surface area contributed by atoms with Crippen LogP contribution in [-0.2, 0) is 17.6 Å². The van der Waals surface area contributed by atoms with Gasteiger partial charge in [-0.1, -0.05) is 0 Å². The summed E-state index contributed by atoms with van der Waals surface area (Å²) in [5.74, 6) is -1.18. The van der Waals surface area contributed by atoms with E-state index >= 15 is 0 Å². The number of Topliss-reactive ketones (excluding diaryl/α,β-unsaturated/α-hetero) is 2. The van der Waals surface area contributed by atoms with Gasteiger partial charge in [0, 0.05) is 17.3 Å². The van der Waals surface area contributed by atoms with Crippen molar-refractivity contribution in [2.24, 2.45) is 0 Å². The maximum Gasteiger partial charge on any atom is 0.204 e. The second-order valence-electron chi connectivity index (χ2n) is 5.31. The molecule has 2 aromatic rings. The van der Waals surface area contributed by atoms with Crippen LogP contribution in [0.15, 0.2) is 24.0 Å². The molecular formula is C16H13FN2O3S. The smallest absolute Gasteiger partial charge is 0.204 e. The van der Waals surface area contributed by atoms with Crippen molar-refractivity contribution in [2.75, 3.05) is 0 Å². The van der Waals surface area contributed by atoms with E-state index in [2.05, 4.69) is 9.97 Å². The summed E-state index contributed by atoms with van der Waals surface area (Å²) in [6, 6.07) is 1.13. The van der Waals surface area contributed by atoms with E-state index in [1.807, 2.05) is 0 Å². The molecule has 7 heteroatoms. The van der Waals surface area contributed by atoms with Gasteiger partial charge in [-0.2, -0.15) is 0 Å². The first kappa shape index (κ1) is 15.5. The lowest BCUT2D eigenvalue weighted by Gasteiger charge is -2.14. The summed E-state index contributed by atoms with van der Waals surface area (Å²) in [6.07, 6.45) is 3.35. The highest BCUT2D eigenvalue weighted by Crippen LogP contribution is 2.33. The molecular weight excluding hydrogens is 319 g/mol. The maximum absolute atomic E-state index is 13.2. The predicted molar refractivity (Wildman–Crippen MR) is 82.9 cm³/mol. The van der Waals surface area contributed by atoms with Gasteiger partial charge in [-0.3, -0.25) is 14.6 Å². The Kier molecular flexibility index (Phi) is 4.04. The first-order valence-electron chi connectivity index (χ1n) is 7.01. The number of aromatic nitrogens is 2. The number of hydrogen-bond donors (Lipinski definition) is 1. The normalized spacial score (nSPS) is 16.2. The number of carbonyl (C=O) groups excluding carboxylic acids is 2. The molecule has 0 fully saturated rings. The average Bonchev–Trinajstić information content (AvgIpc) is 2.89. The number of ketones is 2. The summed E-state index contributed by atoms with van der Waals surface area (Å²) in [4.78, 5) is 32.2. The zero-order valence-corrected chi connectivity index (χ0v) is 13.1. The first-order chi connectivity index (χ1) is 11.0. The van der Waals surface area contributed by atoms with Crippen molar-refractivity contribution in [2.45, 2.75) is 26.2 Å². The van der Waals surface area contributed by atoms with Gasteiger partial charge in [-0.25, -0.2) is 9.37 Å². The number of aliphatic hydroxyl groups excluding tert-OH is 1. The Morgan fingerprint density at radius 1 is 1.39 bits per heavy atom. The lowest BCUT2D eigenvalue weighted by Crippen LogP contribution is -2.14. The molecule has 0 unspecified atom stereocenters. The number of thiazole rings is 1. The topological polar surface area (TPSA) is 80.2 Å². The zero-order valence-electron chi connectivity index (χ0n) is 12.3. The summed E-state index contributed by atoms with van der Waals surface area (Å²) in [5, 5.41) is 10.9. The molecule has 0 bridgehead atoms. The van der Waals surface area contributed by atoms with Crippen molar-refractivity contribution in [3.8, 4) is 0 Å². The molecule has 0 amide bonds. The number of rotatable bonds is 3. The molecule has 1 aliphatic carbocycles. The Morgan fingerprint density at radius 2 is 2.17 bits per heavy atom. The minimum atomic E-state index is -0.583. The molecule has 5 nitrogen and oxygen atoms in total. The molecule has 2 heterocycles. The lowest BCUT2D eigenvalue weighted by molar-refractivity contribution is -0.116. The number of aryl methyl sites for hydroxylation is 1. The number of pyridine rings is 1. The van der Waals surface area contributed by atoms with Crippen LogP contribution in [0.4, 0.5) is 4.39 Å². The van der Waals surface area contributed by atoms with Gasteiger partial charge in [-0.15, -0.1) is 11.3 Å². The largest absolute Gasteiger partial charge is 0.507 e. The Labute approximate surface area is 135 Å². The van der Waals surface area contributed by atoms with Crippen LogP contribution < -0.4 is 0 Å². The van der Waals surface area contributed by atoms with Gasteiger partial charge in [0.2, 0.25) is 5.78 Å². The lowest BCUT2D eigenvalue weighted by atomic mass is 9.93. The summed E-state index contributed by atoms with van der Waals surface area (Å²) < 4.78 is 13.2. The third-order valence-electron chi connectivity index (χ3n) is 3.50. The van der Waals surface area contributed by atoms with Crippen LogP contribution in [0.1, 0.15) is 39.3 Å². The van der Waals surface area contributed by atoms with Crippen molar-refractivity contribution in [1.82, 2.24) is 9.97 Å². The predicted octanol–water partition coefficient (Wildman–Crippen LogP) is 2.91. The molecule has 0 atom stereocenters. The molecule has 23 heavy (non-hydrogen) atoms. The van der Waals surface area contributed by atoms with Crippen LogP contribution in [0, 0.1) is 5.82 Å². The fraction of sp³-hybridized carbons (Fsp3) is 0.250. The second kappa shape index (κ2) is 6.00. The Morgan fingerprint density at radius 3 is 2.87 bits per heavy atom. The van der Waals surface area contributed by atoms with E-state index in [-0.39, 0.29) is 34.9 Å². The van der Waals surface area contributed by atoms with Gasteiger partial charge >= 0.3 is 0 Å². The van der Waals surface area contributed by atoms with Crippen molar-refractivity contribution in [3.05, 3.63) is 51.0 Å². The van der Waals surface area contributed by atoms with Crippen LogP contribution in [0.2, 0.25) is 0 Å². The monoisotopic (exact) mass is 332 g/mol. The molecule has 0 spiro atoms. The van der Waals surface area contributed by atoms with E-state index in [0.29, 0.717) is 28.4 Å². The Bertz CT molecular complexity index is 842. The Hall–Kier alpha value is -2.41. The number of allylic oxidation sites excluding steroid dienone is 1. The van der Waals surface area contributed by atoms with Gasteiger partial charge in [0.15, 0.2) is 0 Å². The second-order valence-corrected chi connectivity index (χ2v) is 6.39. The van der Waals surface area contributed by atoms with Gasteiger partial charge in [0.1, 0.15) is 22.4 Å². The molecule has 1 aliphatic rings. The van der Waals surface area contributed by atoms with E-state index in [0.717, 1.165) is 12.3 Å². The number of aliphatic hydroxyl groups is 1. The SMILES string of the molecule is CC(=O)Cc1nc2c(s1)C(=O)/C(=C(\O)c1cncc(F)c1)CC2. The van der Waals surface area contributed by atoms with Crippen LogP contribution in [0.3, 0.4) is 0 Å². The fourth-order valence-corrected chi connectivity index (χ4v) is 3.62. The van der Waals surface area contributed by atoms with Crippen molar-refractivity contribution in [1.29, 1.82) is 0 Å². The van der Waals surface area contributed by atoms with Crippen LogP contribution in [-0.4, -0.2) is 26.6 Å². The first-order valence-corrected chi connectivity index (χ1v) is 7.83. The summed E-state index contributed by atoms with van der Waals surface area (Å²) in [5.41, 5.74) is 1.05. The number of nitrogens with zero attached hydrogens (tertiary/aromatic N) is 2. The van der Waals surface area contributed by atoms with Crippen LogP contribution in [0.5, 0.6) is 0 Å². The number of halogens is 1. The number of hydrogen-bond acceptors (Lipinski definition) is 6. The van der Waals surface area contributed by atoms with Crippen molar-refractivity contribution in [3.63, 3.8) is 0 Å². The average molecular weight is 332 g/mol. The molecule has 0 aromatic carbocycles. The molecule has 3 rings (SSSR count). The quantitative estimate of drug-likeness (QED) is 0.690. The molecule has 0 aliphatic heterocycles. The molecule has 118 valence electrons. The number of carbonyl (C=O) groups is 2. The van der Waals surface area contributed by atoms with Crippen LogP contribution >= 0.6 is 11.3 Å². The van der Waals surface area contributed by atoms with E-state index in [4.69, 9.17) is 0 Å². The summed E-state index contributed by atoms with van der Waals surface area (Å²) >= 11 is 1.17. The maximum atomic E-state index is 13.2. The standard InChI is InChI=1S/C16H13FN2O3S/c1-8(20)4-13-19-12-3-2-11(15(22)16(12)23-13)14(21)9-5-10(17)7-18-6-9/h5-7,21H,2-4H2,1H3/b14-11-. The minimum absolute atomic E-state index is 0.0204. The van der Waals surface area contributed by atoms with Gasteiger partial charge in [-0.05, 0) is 25.8 Å². The molecule has 0 saturated heterocycles. The summed E-state index contributed by atoms with van der Waals surface area (Å²) in [7, 11) is 0. The van der Waals surface area contributed by atoms with Crippen LogP contribution in [0.25, 0.3) is 5.76 Å². The van der Waals surface area contributed by atoms with Crippen molar-refractivity contribution < 1.29 is 19.1 Å². The highest BCUT2D eigenvalue weighted by Gasteiger charge is 2.29. The fourth-order valence-electron chi connectivity index (χ4n) is 2.47. The van der Waals surface area contributed by atoms with Gasteiger partial charge < -0.3 is 5.11 Å². The van der Waals surface area contributed by atoms with E-state index < -0.39 is 5.82 Å². The zero-order chi connectivity index (χ0) is 16.6. The third kappa shape index (κ3) is 3.05. The van der Waals surface area contributed by atoms with Crippen molar-refractivity contribution >= 4 is 28.7 Å². The highest BCUT2D eigenvalue weighted by molar-refractivity contribution is 7.14. The van der Waals surface area contributed by atoms with Gasteiger partial charge in [0.05, 0.1) is 23.2 Å². The number of fused-ring (bicyclic) bond motifs is 1. The highest BCUT2D eigenvalue weighted by atomic mass is 32.1. The van der Waals surface area contributed by atoms with E-state index in [1.54, 1.807) is 0 Å². The summed E-state index contributed by atoms with van der Waals surface area (Å²) in [6.45, 7) is 1.47. The minimum Gasteiger partial charge on any atom is -0.507 e. The molecule has 2 aromatic heterocycles. The Balaban J connectivity index is 1.98. The van der Waals surface area contributed by atoms with E-state index in [1.165, 1.54) is 24.5 Å².